The van der Waals surface area contributed by atoms with Crippen molar-refractivity contribution in [2.75, 3.05) is 7.11 Å². The molecule has 0 N–H and O–H groups in total. The third-order valence-electron chi connectivity index (χ3n) is 4.83. The molecule has 0 atom stereocenters. The smallest absolute Gasteiger partial charge is 0.126 e. The van der Waals surface area contributed by atoms with E-state index in [0.29, 0.717) is 17.8 Å². The lowest BCUT2D eigenvalue weighted by atomic mass is 9.78. The Morgan fingerprint density at radius 3 is 1.62 bits per heavy atom. The monoisotopic (exact) mass is 324 g/mol. The Labute approximate surface area is 148 Å². The standard InChI is InChI=1S/C23H32O/c1-14(2)19-17(7)22(18-12-10-9-11-13-18)21(16(5)6)23(24-8)20(19)15(3)4/h9-16H,1-8H3. The fourth-order valence-electron chi connectivity index (χ4n) is 3.98. The summed E-state index contributed by atoms with van der Waals surface area (Å²) in [6, 6.07) is 10.8. The van der Waals surface area contributed by atoms with E-state index in [1.807, 2.05) is 7.11 Å². The number of methoxy groups -OCH3 is 1. The summed E-state index contributed by atoms with van der Waals surface area (Å²) >= 11 is 0. The van der Waals surface area contributed by atoms with Crippen molar-refractivity contribution in [2.24, 2.45) is 0 Å². The minimum absolute atomic E-state index is 0.410. The third-order valence-corrected chi connectivity index (χ3v) is 4.83. The van der Waals surface area contributed by atoms with E-state index in [0.717, 1.165) is 5.75 Å². The summed E-state index contributed by atoms with van der Waals surface area (Å²) in [5.74, 6) is 2.42. The van der Waals surface area contributed by atoms with Gasteiger partial charge in [0.25, 0.3) is 0 Å². The number of rotatable bonds is 5. The second-order valence-corrected chi connectivity index (χ2v) is 7.60. The molecular formula is C23H32O. The van der Waals surface area contributed by atoms with Crippen molar-refractivity contribution in [3.8, 4) is 16.9 Å². The SMILES string of the molecule is COc1c(C(C)C)c(-c2ccccc2)c(C)c(C(C)C)c1C(C)C. The van der Waals surface area contributed by atoms with Crippen LogP contribution >= 0.6 is 0 Å². The molecule has 0 spiro atoms. The molecule has 0 saturated carbocycles. The van der Waals surface area contributed by atoms with Crippen molar-refractivity contribution in [1.29, 1.82) is 0 Å². The predicted octanol–water partition coefficient (Wildman–Crippen LogP) is 7.04. The van der Waals surface area contributed by atoms with Crippen LogP contribution in [-0.4, -0.2) is 7.11 Å². The maximum Gasteiger partial charge on any atom is 0.126 e. The molecular weight excluding hydrogens is 292 g/mol. The maximum absolute atomic E-state index is 6.01. The molecule has 0 radical (unpaired) electrons. The molecule has 0 aromatic heterocycles. The van der Waals surface area contributed by atoms with E-state index in [-0.39, 0.29) is 0 Å². The summed E-state index contributed by atoms with van der Waals surface area (Å²) in [4.78, 5) is 0. The molecule has 0 saturated heterocycles. The van der Waals surface area contributed by atoms with Crippen LogP contribution in [0.5, 0.6) is 5.75 Å². The Morgan fingerprint density at radius 1 is 0.708 bits per heavy atom. The highest BCUT2D eigenvalue weighted by atomic mass is 16.5. The largest absolute Gasteiger partial charge is 0.496 e. The molecule has 2 rings (SSSR count). The van der Waals surface area contributed by atoms with Gasteiger partial charge in [-0.15, -0.1) is 0 Å². The Bertz CT molecular complexity index is 694. The second kappa shape index (κ2) is 7.42. The Kier molecular flexibility index (Phi) is 5.74. The van der Waals surface area contributed by atoms with E-state index in [2.05, 4.69) is 78.8 Å². The average molecular weight is 325 g/mol. The molecule has 0 heterocycles. The molecule has 0 aliphatic carbocycles. The van der Waals surface area contributed by atoms with Crippen LogP contribution in [0.2, 0.25) is 0 Å². The van der Waals surface area contributed by atoms with Gasteiger partial charge in [0.05, 0.1) is 7.11 Å². The zero-order valence-electron chi connectivity index (χ0n) is 16.5. The van der Waals surface area contributed by atoms with Crippen LogP contribution in [-0.2, 0) is 0 Å². The normalized spacial score (nSPS) is 11.6. The maximum atomic E-state index is 6.01. The molecule has 2 aromatic carbocycles. The van der Waals surface area contributed by atoms with Gasteiger partial charge < -0.3 is 4.74 Å². The van der Waals surface area contributed by atoms with Gasteiger partial charge in [0.2, 0.25) is 0 Å². The summed E-state index contributed by atoms with van der Waals surface area (Å²) in [5.41, 5.74) is 8.22. The zero-order valence-corrected chi connectivity index (χ0v) is 16.5. The average Bonchev–Trinajstić information content (AvgIpc) is 2.53. The number of benzene rings is 2. The lowest BCUT2D eigenvalue weighted by molar-refractivity contribution is 0.399. The highest BCUT2D eigenvalue weighted by Gasteiger charge is 2.27. The van der Waals surface area contributed by atoms with E-state index >= 15 is 0 Å². The fraction of sp³-hybridized carbons (Fsp3) is 0.478. The van der Waals surface area contributed by atoms with Crippen molar-refractivity contribution in [2.45, 2.75) is 66.2 Å². The molecule has 130 valence electrons. The minimum atomic E-state index is 0.410. The third kappa shape index (κ3) is 3.22. The highest BCUT2D eigenvalue weighted by Crippen LogP contribution is 2.47. The van der Waals surface area contributed by atoms with Crippen LogP contribution < -0.4 is 4.74 Å². The fourth-order valence-corrected chi connectivity index (χ4v) is 3.98. The Hall–Kier alpha value is -1.76. The lowest BCUT2D eigenvalue weighted by Gasteiger charge is -2.29. The van der Waals surface area contributed by atoms with Crippen molar-refractivity contribution in [3.05, 3.63) is 52.6 Å². The molecule has 0 aliphatic rings. The lowest BCUT2D eigenvalue weighted by Crippen LogP contribution is -2.11. The van der Waals surface area contributed by atoms with E-state index in [4.69, 9.17) is 4.74 Å². The first-order valence-corrected chi connectivity index (χ1v) is 9.10. The highest BCUT2D eigenvalue weighted by molar-refractivity contribution is 5.78. The van der Waals surface area contributed by atoms with E-state index in [1.165, 1.54) is 33.4 Å². The van der Waals surface area contributed by atoms with Gasteiger partial charge in [0, 0.05) is 11.1 Å². The first kappa shape index (κ1) is 18.6. The van der Waals surface area contributed by atoms with Gasteiger partial charge in [-0.1, -0.05) is 71.9 Å². The molecule has 0 bridgehead atoms. The summed E-state index contributed by atoms with van der Waals surface area (Å²) in [7, 11) is 1.82. The van der Waals surface area contributed by atoms with Crippen LogP contribution in [0.15, 0.2) is 30.3 Å². The summed E-state index contributed by atoms with van der Waals surface area (Å²) in [5, 5.41) is 0. The van der Waals surface area contributed by atoms with E-state index in [1.54, 1.807) is 0 Å². The summed E-state index contributed by atoms with van der Waals surface area (Å²) < 4.78 is 6.01. The van der Waals surface area contributed by atoms with Crippen LogP contribution in [0, 0.1) is 6.92 Å². The van der Waals surface area contributed by atoms with Crippen LogP contribution in [0.4, 0.5) is 0 Å². The topological polar surface area (TPSA) is 9.23 Å². The van der Waals surface area contributed by atoms with Crippen LogP contribution in [0.1, 0.15) is 81.5 Å². The van der Waals surface area contributed by atoms with Crippen molar-refractivity contribution < 1.29 is 4.74 Å². The van der Waals surface area contributed by atoms with Crippen molar-refractivity contribution in [3.63, 3.8) is 0 Å². The van der Waals surface area contributed by atoms with E-state index in [9.17, 15) is 0 Å². The Morgan fingerprint density at radius 2 is 1.21 bits per heavy atom. The van der Waals surface area contributed by atoms with Crippen LogP contribution in [0.3, 0.4) is 0 Å². The van der Waals surface area contributed by atoms with Gasteiger partial charge in [-0.2, -0.15) is 0 Å². The van der Waals surface area contributed by atoms with Gasteiger partial charge in [0.1, 0.15) is 5.75 Å². The molecule has 1 nitrogen and oxygen atoms in total. The molecule has 24 heavy (non-hydrogen) atoms. The van der Waals surface area contributed by atoms with Crippen LogP contribution in [0.25, 0.3) is 11.1 Å². The summed E-state index contributed by atoms with van der Waals surface area (Å²) in [6.07, 6.45) is 0. The molecule has 0 aliphatic heterocycles. The van der Waals surface area contributed by atoms with Gasteiger partial charge in [-0.25, -0.2) is 0 Å². The Balaban J connectivity index is 3.01. The first-order valence-electron chi connectivity index (χ1n) is 9.10. The molecule has 0 fully saturated rings. The quantitative estimate of drug-likeness (QED) is 0.573. The van der Waals surface area contributed by atoms with Gasteiger partial charge in [-0.05, 0) is 46.9 Å². The number of hydrogen-bond donors (Lipinski definition) is 0. The van der Waals surface area contributed by atoms with Crippen molar-refractivity contribution >= 4 is 0 Å². The number of ether oxygens (including phenoxy) is 1. The zero-order chi connectivity index (χ0) is 18.0. The second-order valence-electron chi connectivity index (χ2n) is 7.60. The predicted molar refractivity (Wildman–Crippen MR) is 105 cm³/mol. The van der Waals surface area contributed by atoms with Gasteiger partial charge in [-0.3, -0.25) is 0 Å². The molecule has 2 aromatic rings. The van der Waals surface area contributed by atoms with Gasteiger partial charge >= 0.3 is 0 Å². The summed E-state index contributed by atoms with van der Waals surface area (Å²) in [6.45, 7) is 15.9. The first-order chi connectivity index (χ1) is 11.3. The molecule has 0 unspecified atom stereocenters. The molecule has 1 heteroatoms. The van der Waals surface area contributed by atoms with Crippen molar-refractivity contribution in [1.82, 2.24) is 0 Å². The van der Waals surface area contributed by atoms with Gasteiger partial charge in [0.15, 0.2) is 0 Å². The minimum Gasteiger partial charge on any atom is -0.496 e. The van der Waals surface area contributed by atoms with E-state index < -0.39 is 0 Å². The molecule has 0 amide bonds. The number of hydrogen-bond acceptors (Lipinski definition) is 1.